The average molecular weight is 263 g/mol. The molecule has 0 aromatic heterocycles. The van der Waals surface area contributed by atoms with Crippen LogP contribution in [0.5, 0.6) is 0 Å². The van der Waals surface area contributed by atoms with E-state index >= 15 is 0 Å². The molecule has 0 aliphatic carbocycles. The first-order valence-corrected chi connectivity index (χ1v) is 5.93. The van der Waals surface area contributed by atoms with Gasteiger partial charge in [0.05, 0.1) is 0 Å². The van der Waals surface area contributed by atoms with Gasteiger partial charge < -0.3 is 16.2 Å². The highest BCUT2D eigenvalue weighted by atomic mass is 35.5. The van der Waals surface area contributed by atoms with Crippen LogP contribution >= 0.6 is 23.2 Å². The fraction of sp³-hybridized carbons (Fsp3) is 0.455. The first kappa shape index (κ1) is 13.7. The van der Waals surface area contributed by atoms with Crippen molar-refractivity contribution in [2.75, 3.05) is 19.7 Å². The molecule has 0 bridgehead atoms. The summed E-state index contributed by atoms with van der Waals surface area (Å²) in [4.78, 5) is 0. The average Bonchev–Trinajstić information content (AvgIpc) is 2.23. The van der Waals surface area contributed by atoms with Crippen LogP contribution in [0.3, 0.4) is 0 Å². The van der Waals surface area contributed by atoms with Gasteiger partial charge in [-0.05, 0) is 36.7 Å². The minimum atomic E-state index is 0.0164. The predicted molar refractivity (Wildman–Crippen MR) is 68.0 cm³/mol. The second-order valence-electron chi connectivity index (χ2n) is 3.52. The third kappa shape index (κ3) is 4.28. The van der Waals surface area contributed by atoms with Crippen LogP contribution in [-0.2, 0) is 0 Å². The van der Waals surface area contributed by atoms with Crippen LogP contribution in [0.4, 0.5) is 0 Å². The van der Waals surface area contributed by atoms with Crippen molar-refractivity contribution in [3.05, 3.63) is 33.8 Å². The molecule has 0 spiro atoms. The second-order valence-corrected chi connectivity index (χ2v) is 4.40. The van der Waals surface area contributed by atoms with E-state index in [1.807, 2.05) is 12.1 Å². The Morgan fingerprint density at radius 3 is 2.38 bits per heavy atom. The molecule has 0 saturated heterocycles. The fourth-order valence-electron chi connectivity index (χ4n) is 1.47. The number of nitrogens with one attached hydrogen (secondary N) is 1. The van der Waals surface area contributed by atoms with Crippen molar-refractivity contribution in [3.63, 3.8) is 0 Å². The van der Waals surface area contributed by atoms with Gasteiger partial charge in [-0.15, -0.1) is 0 Å². The second kappa shape index (κ2) is 7.09. The Kier molecular flexibility index (Phi) is 6.09. The van der Waals surface area contributed by atoms with Crippen LogP contribution in [0, 0.1) is 0 Å². The van der Waals surface area contributed by atoms with E-state index in [0.717, 1.165) is 5.56 Å². The van der Waals surface area contributed by atoms with Crippen LogP contribution in [0.2, 0.25) is 10.0 Å². The number of hydrogen-bond acceptors (Lipinski definition) is 3. The number of aliphatic hydroxyl groups excluding tert-OH is 1. The maximum atomic E-state index is 8.70. The summed E-state index contributed by atoms with van der Waals surface area (Å²) in [6, 6.07) is 5.39. The van der Waals surface area contributed by atoms with Crippen molar-refractivity contribution in [1.82, 2.24) is 5.32 Å². The van der Waals surface area contributed by atoms with Gasteiger partial charge in [-0.1, -0.05) is 23.2 Å². The van der Waals surface area contributed by atoms with Crippen LogP contribution in [0.25, 0.3) is 0 Å². The fourth-order valence-corrected chi connectivity index (χ4v) is 2.01. The predicted octanol–water partition coefficient (Wildman–Crippen LogP) is 1.97. The van der Waals surface area contributed by atoms with Crippen molar-refractivity contribution in [3.8, 4) is 0 Å². The summed E-state index contributed by atoms with van der Waals surface area (Å²) in [5.41, 5.74) is 6.65. The van der Waals surface area contributed by atoms with Gasteiger partial charge in [-0.3, -0.25) is 0 Å². The molecular weight excluding hydrogens is 247 g/mol. The maximum absolute atomic E-state index is 8.70. The van der Waals surface area contributed by atoms with Crippen molar-refractivity contribution < 1.29 is 5.11 Å². The highest BCUT2D eigenvalue weighted by Gasteiger charge is 2.10. The van der Waals surface area contributed by atoms with Gasteiger partial charge in [-0.2, -0.15) is 0 Å². The van der Waals surface area contributed by atoms with Crippen LogP contribution in [0.15, 0.2) is 18.2 Å². The van der Waals surface area contributed by atoms with E-state index in [2.05, 4.69) is 5.32 Å². The summed E-state index contributed by atoms with van der Waals surface area (Å²) in [5, 5.41) is 13.1. The molecule has 1 aromatic rings. The van der Waals surface area contributed by atoms with Gasteiger partial charge >= 0.3 is 0 Å². The lowest BCUT2D eigenvalue weighted by Gasteiger charge is -2.17. The third-order valence-corrected chi connectivity index (χ3v) is 2.69. The monoisotopic (exact) mass is 262 g/mol. The molecule has 0 radical (unpaired) electrons. The zero-order chi connectivity index (χ0) is 12.0. The standard InChI is InChI=1S/C11H16Cl2N2O/c12-9-4-8(5-10(13)6-9)11(7-14)15-2-1-3-16/h4-6,11,15-16H,1-3,7,14H2. The molecule has 1 aromatic carbocycles. The largest absolute Gasteiger partial charge is 0.396 e. The van der Waals surface area contributed by atoms with E-state index in [1.165, 1.54) is 0 Å². The Morgan fingerprint density at radius 1 is 1.25 bits per heavy atom. The molecule has 0 saturated carbocycles. The van der Waals surface area contributed by atoms with Gasteiger partial charge in [0.2, 0.25) is 0 Å². The molecule has 3 nitrogen and oxygen atoms in total. The first-order valence-electron chi connectivity index (χ1n) is 5.17. The maximum Gasteiger partial charge on any atom is 0.0445 e. The van der Waals surface area contributed by atoms with Crippen LogP contribution in [-0.4, -0.2) is 24.8 Å². The smallest absolute Gasteiger partial charge is 0.0445 e. The Hall–Kier alpha value is -0.320. The molecule has 1 unspecified atom stereocenters. The topological polar surface area (TPSA) is 58.3 Å². The molecule has 0 amide bonds. The molecule has 0 heterocycles. The summed E-state index contributed by atoms with van der Waals surface area (Å²) in [6.45, 7) is 1.34. The normalized spacial score (nSPS) is 12.8. The Morgan fingerprint density at radius 2 is 1.88 bits per heavy atom. The summed E-state index contributed by atoms with van der Waals surface area (Å²) in [5.74, 6) is 0. The summed E-state index contributed by atoms with van der Waals surface area (Å²) < 4.78 is 0. The van der Waals surface area contributed by atoms with Crippen molar-refractivity contribution in [2.45, 2.75) is 12.5 Å². The number of rotatable bonds is 6. The molecule has 5 heteroatoms. The van der Waals surface area contributed by atoms with Gasteiger partial charge in [0.25, 0.3) is 0 Å². The SMILES string of the molecule is NCC(NCCCO)c1cc(Cl)cc(Cl)c1. The molecule has 0 aliphatic heterocycles. The van der Waals surface area contributed by atoms with E-state index in [4.69, 9.17) is 34.0 Å². The molecule has 90 valence electrons. The zero-order valence-corrected chi connectivity index (χ0v) is 10.4. The lowest BCUT2D eigenvalue weighted by molar-refractivity contribution is 0.283. The number of benzene rings is 1. The molecule has 1 rings (SSSR count). The molecule has 4 N–H and O–H groups in total. The quantitative estimate of drug-likeness (QED) is 0.688. The van der Waals surface area contributed by atoms with E-state index < -0.39 is 0 Å². The van der Waals surface area contributed by atoms with E-state index in [-0.39, 0.29) is 12.6 Å². The Labute approximate surface area is 106 Å². The number of aliphatic hydroxyl groups is 1. The highest BCUT2D eigenvalue weighted by Crippen LogP contribution is 2.23. The number of hydrogen-bond donors (Lipinski definition) is 3. The summed E-state index contributed by atoms with van der Waals surface area (Å²) >= 11 is 11.8. The van der Waals surface area contributed by atoms with Crippen LogP contribution < -0.4 is 11.1 Å². The van der Waals surface area contributed by atoms with E-state index in [9.17, 15) is 0 Å². The number of halogens is 2. The van der Waals surface area contributed by atoms with Crippen molar-refractivity contribution in [2.24, 2.45) is 5.73 Å². The molecule has 16 heavy (non-hydrogen) atoms. The molecule has 0 aliphatic rings. The highest BCUT2D eigenvalue weighted by molar-refractivity contribution is 6.34. The van der Waals surface area contributed by atoms with Crippen molar-refractivity contribution >= 4 is 23.2 Å². The summed E-state index contributed by atoms with van der Waals surface area (Å²) in [6.07, 6.45) is 0.699. The zero-order valence-electron chi connectivity index (χ0n) is 8.92. The van der Waals surface area contributed by atoms with Gasteiger partial charge in [0, 0.05) is 29.2 Å². The minimum absolute atomic E-state index is 0.0164. The lowest BCUT2D eigenvalue weighted by Crippen LogP contribution is -2.29. The number of nitrogens with two attached hydrogens (primary N) is 1. The molecule has 1 atom stereocenters. The molecular formula is C11H16Cl2N2O. The Bertz CT molecular complexity index is 314. The van der Waals surface area contributed by atoms with Gasteiger partial charge in [0.1, 0.15) is 0 Å². The molecule has 0 fully saturated rings. The van der Waals surface area contributed by atoms with Crippen LogP contribution in [0.1, 0.15) is 18.0 Å². The summed E-state index contributed by atoms with van der Waals surface area (Å²) in [7, 11) is 0. The third-order valence-electron chi connectivity index (χ3n) is 2.25. The van der Waals surface area contributed by atoms with E-state index in [0.29, 0.717) is 29.6 Å². The first-order chi connectivity index (χ1) is 7.67. The Balaban J connectivity index is 2.70. The lowest BCUT2D eigenvalue weighted by atomic mass is 10.1. The van der Waals surface area contributed by atoms with Gasteiger partial charge in [-0.25, -0.2) is 0 Å². The van der Waals surface area contributed by atoms with Gasteiger partial charge in [0.15, 0.2) is 0 Å². The van der Waals surface area contributed by atoms with E-state index in [1.54, 1.807) is 6.07 Å². The minimum Gasteiger partial charge on any atom is -0.396 e. The van der Waals surface area contributed by atoms with Crippen molar-refractivity contribution in [1.29, 1.82) is 0 Å².